The van der Waals surface area contributed by atoms with Gasteiger partial charge >= 0.3 is 6.03 Å². The van der Waals surface area contributed by atoms with Crippen LogP contribution in [0.15, 0.2) is 18.2 Å². The van der Waals surface area contributed by atoms with Gasteiger partial charge in [-0.05, 0) is 23.5 Å². The van der Waals surface area contributed by atoms with Crippen LogP contribution >= 0.6 is 0 Å². The number of fused-ring (bicyclic) bond motifs is 2. The number of piperidine rings is 1. The molecule has 1 aromatic carbocycles. The molecule has 1 saturated carbocycles. The molecule has 4 rings (SSSR count). The van der Waals surface area contributed by atoms with Gasteiger partial charge in [0.1, 0.15) is 5.82 Å². The molecular formula is C14H16FN3O. The van der Waals surface area contributed by atoms with Crippen LogP contribution in [-0.2, 0) is 13.1 Å². The first-order chi connectivity index (χ1) is 9.24. The van der Waals surface area contributed by atoms with E-state index < -0.39 is 0 Å². The number of benzene rings is 1. The van der Waals surface area contributed by atoms with Crippen LogP contribution in [0.25, 0.3) is 0 Å². The maximum Gasteiger partial charge on any atom is 0.318 e. The maximum absolute atomic E-state index is 13.6. The summed E-state index contributed by atoms with van der Waals surface area (Å²) in [6.45, 7) is 2.91. The van der Waals surface area contributed by atoms with E-state index in [0.717, 1.165) is 18.7 Å². The second kappa shape index (κ2) is 3.93. The number of nitrogens with zero attached hydrogens (tertiary/aromatic N) is 1. The minimum atomic E-state index is -0.208. The van der Waals surface area contributed by atoms with Gasteiger partial charge in [0, 0.05) is 31.2 Å². The number of rotatable bonds is 1. The summed E-state index contributed by atoms with van der Waals surface area (Å²) in [6.07, 6.45) is 0. The van der Waals surface area contributed by atoms with Gasteiger partial charge in [0.15, 0.2) is 0 Å². The summed E-state index contributed by atoms with van der Waals surface area (Å²) in [6, 6.07) is 5.31. The van der Waals surface area contributed by atoms with Gasteiger partial charge in [-0.25, -0.2) is 9.18 Å². The molecular weight excluding hydrogens is 245 g/mol. The lowest BCUT2D eigenvalue weighted by Crippen LogP contribution is -2.40. The van der Waals surface area contributed by atoms with E-state index in [4.69, 9.17) is 0 Å². The maximum atomic E-state index is 13.6. The number of urea groups is 1. The number of amides is 2. The van der Waals surface area contributed by atoms with Gasteiger partial charge in [-0.1, -0.05) is 12.1 Å². The summed E-state index contributed by atoms with van der Waals surface area (Å²) in [7, 11) is 0. The summed E-state index contributed by atoms with van der Waals surface area (Å²) in [5, 5.41) is 6.38. The van der Waals surface area contributed by atoms with Crippen LogP contribution in [0.2, 0.25) is 0 Å². The molecule has 0 spiro atoms. The van der Waals surface area contributed by atoms with E-state index in [2.05, 4.69) is 10.6 Å². The lowest BCUT2D eigenvalue weighted by Gasteiger charge is -2.17. The molecule has 2 heterocycles. The Balaban J connectivity index is 1.42. The van der Waals surface area contributed by atoms with Crippen molar-refractivity contribution in [3.8, 4) is 0 Å². The zero-order valence-electron chi connectivity index (χ0n) is 10.5. The van der Waals surface area contributed by atoms with Crippen molar-refractivity contribution < 1.29 is 9.18 Å². The molecule has 1 aromatic rings. The first-order valence-electron chi connectivity index (χ1n) is 6.76. The van der Waals surface area contributed by atoms with Gasteiger partial charge in [-0.3, -0.25) is 0 Å². The van der Waals surface area contributed by atoms with E-state index in [1.807, 2.05) is 6.07 Å². The van der Waals surface area contributed by atoms with Crippen molar-refractivity contribution >= 4 is 6.03 Å². The molecule has 3 aliphatic rings. The zero-order chi connectivity index (χ0) is 13.0. The van der Waals surface area contributed by atoms with Crippen LogP contribution in [0, 0.1) is 17.7 Å². The lowest BCUT2D eigenvalue weighted by molar-refractivity contribution is 0.196. The molecule has 1 aliphatic carbocycles. The monoisotopic (exact) mass is 261 g/mol. The molecule has 3 atom stereocenters. The minimum Gasteiger partial charge on any atom is -0.335 e. The van der Waals surface area contributed by atoms with E-state index >= 15 is 0 Å². The summed E-state index contributed by atoms with van der Waals surface area (Å²) in [5.74, 6) is 0.997. The highest BCUT2D eigenvalue weighted by molar-refractivity contribution is 5.76. The molecule has 2 N–H and O–H groups in total. The van der Waals surface area contributed by atoms with Crippen molar-refractivity contribution in [3.05, 3.63) is 35.1 Å². The van der Waals surface area contributed by atoms with Crippen LogP contribution in [0.3, 0.4) is 0 Å². The Kier molecular flexibility index (Phi) is 2.33. The molecule has 2 aliphatic heterocycles. The number of nitrogens with one attached hydrogen (secondary N) is 2. The topological polar surface area (TPSA) is 44.4 Å². The Morgan fingerprint density at radius 3 is 2.84 bits per heavy atom. The summed E-state index contributed by atoms with van der Waals surface area (Å²) in [4.78, 5) is 13.9. The van der Waals surface area contributed by atoms with Crippen molar-refractivity contribution in [1.82, 2.24) is 15.5 Å². The normalized spacial score (nSPS) is 31.0. The van der Waals surface area contributed by atoms with Gasteiger partial charge in [-0.2, -0.15) is 0 Å². The summed E-state index contributed by atoms with van der Waals surface area (Å²) in [5.41, 5.74) is 1.59. The molecule has 4 nitrogen and oxygen atoms in total. The van der Waals surface area contributed by atoms with Crippen molar-refractivity contribution in [3.63, 3.8) is 0 Å². The zero-order valence-corrected chi connectivity index (χ0v) is 10.5. The first kappa shape index (κ1) is 11.2. The minimum absolute atomic E-state index is 0.0602. The van der Waals surface area contributed by atoms with Crippen molar-refractivity contribution in [2.45, 2.75) is 19.1 Å². The van der Waals surface area contributed by atoms with E-state index in [-0.39, 0.29) is 11.8 Å². The number of halogens is 1. The Bertz CT molecular complexity index is 537. The molecule has 2 amide bonds. The molecule has 19 heavy (non-hydrogen) atoms. The smallest absolute Gasteiger partial charge is 0.318 e. The van der Waals surface area contributed by atoms with Gasteiger partial charge in [0.05, 0.1) is 6.54 Å². The van der Waals surface area contributed by atoms with E-state index in [1.54, 1.807) is 11.0 Å². The fourth-order valence-corrected chi connectivity index (χ4v) is 3.39. The Hall–Kier alpha value is -1.62. The largest absolute Gasteiger partial charge is 0.335 e. The standard InChI is InChI=1S/C14H16FN3O/c15-12-3-1-2-8-6-18(7-11(8)12)14(19)17-13-9-4-16-5-10(9)13/h1-3,9-10,13,16H,4-7H2,(H,17,19)/t9-,10+,13?. The van der Waals surface area contributed by atoms with Crippen LogP contribution in [0.1, 0.15) is 11.1 Å². The summed E-state index contributed by atoms with van der Waals surface area (Å²) >= 11 is 0. The number of hydrogen-bond acceptors (Lipinski definition) is 2. The molecule has 1 saturated heterocycles. The van der Waals surface area contributed by atoms with Crippen LogP contribution in [0.4, 0.5) is 9.18 Å². The Labute approximate surface area is 111 Å². The predicted octanol–water partition coefficient (Wildman–Crippen LogP) is 1.07. The van der Waals surface area contributed by atoms with Gasteiger partial charge in [-0.15, -0.1) is 0 Å². The molecule has 5 heteroatoms. The molecule has 2 fully saturated rings. The highest BCUT2D eigenvalue weighted by Gasteiger charge is 2.54. The average molecular weight is 261 g/mol. The Morgan fingerprint density at radius 2 is 2.11 bits per heavy atom. The highest BCUT2D eigenvalue weighted by Crippen LogP contribution is 2.41. The molecule has 0 aromatic heterocycles. The van der Waals surface area contributed by atoms with Crippen molar-refractivity contribution in [2.75, 3.05) is 13.1 Å². The third kappa shape index (κ3) is 1.72. The van der Waals surface area contributed by atoms with Crippen LogP contribution < -0.4 is 10.6 Å². The van der Waals surface area contributed by atoms with Crippen molar-refractivity contribution in [1.29, 1.82) is 0 Å². The second-order valence-electron chi connectivity index (χ2n) is 5.69. The second-order valence-corrected chi connectivity index (χ2v) is 5.69. The average Bonchev–Trinajstić information content (AvgIpc) is 2.85. The van der Waals surface area contributed by atoms with Crippen molar-refractivity contribution in [2.24, 2.45) is 11.8 Å². The van der Waals surface area contributed by atoms with Crippen LogP contribution in [0.5, 0.6) is 0 Å². The Morgan fingerprint density at radius 1 is 1.32 bits per heavy atom. The molecule has 1 unspecified atom stereocenters. The fourth-order valence-electron chi connectivity index (χ4n) is 3.39. The first-order valence-corrected chi connectivity index (χ1v) is 6.76. The van der Waals surface area contributed by atoms with E-state index in [9.17, 15) is 9.18 Å². The predicted molar refractivity (Wildman–Crippen MR) is 67.8 cm³/mol. The van der Waals surface area contributed by atoms with Crippen LogP contribution in [-0.4, -0.2) is 30.1 Å². The molecule has 0 bridgehead atoms. The van der Waals surface area contributed by atoms with Gasteiger partial charge in [0.2, 0.25) is 0 Å². The quantitative estimate of drug-likeness (QED) is 0.794. The highest BCUT2D eigenvalue weighted by atomic mass is 19.1. The number of carbonyl (C=O) groups is 1. The molecule has 0 radical (unpaired) electrons. The number of hydrogen-bond donors (Lipinski definition) is 2. The van der Waals surface area contributed by atoms with Gasteiger partial charge in [0.25, 0.3) is 0 Å². The third-order valence-electron chi connectivity index (χ3n) is 4.60. The van der Waals surface area contributed by atoms with Gasteiger partial charge < -0.3 is 15.5 Å². The fraction of sp³-hybridized carbons (Fsp3) is 0.500. The van der Waals surface area contributed by atoms with E-state index in [1.165, 1.54) is 6.07 Å². The molecule has 100 valence electrons. The van der Waals surface area contributed by atoms with E-state index in [0.29, 0.717) is 36.5 Å². The number of carbonyl (C=O) groups excluding carboxylic acids is 1. The summed E-state index contributed by atoms with van der Waals surface area (Å²) < 4.78 is 13.6. The SMILES string of the molecule is O=C(NC1[C@H]2CNC[C@@H]12)N1Cc2cccc(F)c2C1. The lowest BCUT2D eigenvalue weighted by atomic mass is 10.1. The third-order valence-corrected chi connectivity index (χ3v) is 4.60.